The van der Waals surface area contributed by atoms with Crippen LogP contribution in [0.4, 0.5) is 13.2 Å². The number of thiophene rings is 1. The zero-order chi connectivity index (χ0) is 28.8. The van der Waals surface area contributed by atoms with E-state index in [1.54, 1.807) is 23.5 Å². The number of pyridine rings is 1. The Labute approximate surface area is 240 Å². The number of imidazole rings is 1. The first-order valence-corrected chi connectivity index (χ1v) is 15.1. The van der Waals surface area contributed by atoms with Gasteiger partial charge in [0.25, 0.3) is 0 Å². The zero-order valence-electron chi connectivity index (χ0n) is 21.4. The largest absolute Gasteiger partial charge is 0.534 e. The number of halogens is 3. The summed E-state index contributed by atoms with van der Waals surface area (Å²) in [5.74, 6) is -0.416. The first kappa shape index (κ1) is 25.1. The molecule has 0 aliphatic carbocycles. The van der Waals surface area contributed by atoms with E-state index in [-0.39, 0.29) is 0 Å². The Bertz CT molecular complexity index is 2500. The molecule has 0 atom stereocenters. The normalized spacial score (nSPS) is 12.8. The summed E-state index contributed by atoms with van der Waals surface area (Å²) in [4.78, 5) is 5.03. The number of nitrogens with zero attached hydrogens (tertiary/aromatic N) is 2. The Morgan fingerprint density at radius 1 is 0.786 bits per heavy atom. The second-order valence-electron chi connectivity index (χ2n) is 10.0. The van der Waals surface area contributed by atoms with Crippen LogP contribution >= 0.6 is 11.3 Å². The maximum Gasteiger partial charge on any atom is 0.534 e. The van der Waals surface area contributed by atoms with E-state index in [0.29, 0.717) is 5.56 Å². The van der Waals surface area contributed by atoms with Gasteiger partial charge in [-0.15, -0.1) is 11.3 Å². The lowest BCUT2D eigenvalue weighted by molar-refractivity contribution is -0.0500. The Balaban J connectivity index is 1.38. The number of fused-ring (bicyclic) bond motifs is 9. The third-order valence-electron chi connectivity index (χ3n) is 7.52. The lowest BCUT2D eigenvalue weighted by Gasteiger charge is -2.12. The Morgan fingerprint density at radius 2 is 1.48 bits per heavy atom. The van der Waals surface area contributed by atoms with Crippen LogP contribution in [-0.4, -0.2) is 23.3 Å². The standard InChI is InChI=1S/C32H17F3N2O3S2/c33-32(34,35)42(38,39)40-22-11-9-18(10-12-22)28-23-8-4-3-7-21(23)17-27-29(28)24-13-14-37-26-16-20-6-2-1-5-19(20)15-25(26)36-31(37)30(24)41-27/h1-17H. The SMILES string of the molecule is O=S(=O)(Oc1ccc(-c2c3ccccc3cc3sc4c(ccn5c6cc7ccccc7cc6nc45)c23)cc1)C(F)(F)F. The van der Waals surface area contributed by atoms with E-state index < -0.39 is 21.4 Å². The van der Waals surface area contributed by atoms with Gasteiger partial charge in [-0.25, -0.2) is 4.98 Å². The van der Waals surface area contributed by atoms with Gasteiger partial charge >= 0.3 is 15.6 Å². The molecule has 0 saturated heterocycles. The van der Waals surface area contributed by atoms with Crippen molar-refractivity contribution in [3.8, 4) is 16.9 Å². The van der Waals surface area contributed by atoms with Crippen molar-refractivity contribution >= 4 is 79.9 Å². The average molecular weight is 599 g/mol. The molecule has 5 aromatic carbocycles. The highest BCUT2D eigenvalue weighted by Crippen LogP contribution is 2.46. The van der Waals surface area contributed by atoms with Crippen LogP contribution in [0.15, 0.2) is 103 Å². The van der Waals surface area contributed by atoms with E-state index in [4.69, 9.17) is 4.98 Å². The molecule has 0 unspecified atom stereocenters. The van der Waals surface area contributed by atoms with Gasteiger partial charge in [-0.2, -0.15) is 21.6 Å². The topological polar surface area (TPSA) is 60.7 Å². The number of hydrogen-bond donors (Lipinski definition) is 0. The van der Waals surface area contributed by atoms with Gasteiger partial charge < -0.3 is 4.18 Å². The van der Waals surface area contributed by atoms with Crippen LogP contribution in [0.1, 0.15) is 0 Å². The van der Waals surface area contributed by atoms with Crippen molar-refractivity contribution in [3.05, 3.63) is 103 Å². The minimum Gasteiger partial charge on any atom is -0.376 e. The number of rotatable bonds is 3. The first-order valence-electron chi connectivity index (χ1n) is 12.9. The van der Waals surface area contributed by atoms with E-state index in [2.05, 4.69) is 45.0 Å². The van der Waals surface area contributed by atoms with Crippen LogP contribution in [-0.2, 0) is 10.1 Å². The maximum atomic E-state index is 12.9. The van der Waals surface area contributed by atoms with Crippen LogP contribution in [0.25, 0.3) is 69.5 Å². The average Bonchev–Trinajstić information content (AvgIpc) is 3.52. The molecule has 5 nitrogen and oxygen atoms in total. The lowest BCUT2D eigenvalue weighted by Crippen LogP contribution is -2.28. The molecular weight excluding hydrogens is 581 g/mol. The van der Waals surface area contributed by atoms with Gasteiger partial charge in [0.2, 0.25) is 0 Å². The fourth-order valence-corrected chi connectivity index (χ4v) is 7.36. The minimum absolute atomic E-state index is 0.416. The lowest BCUT2D eigenvalue weighted by atomic mass is 9.93. The van der Waals surface area contributed by atoms with E-state index >= 15 is 0 Å². The Kier molecular flexibility index (Phi) is 5.17. The van der Waals surface area contributed by atoms with Crippen molar-refractivity contribution in [1.29, 1.82) is 0 Å². The molecule has 8 rings (SSSR count). The molecule has 0 amide bonds. The van der Waals surface area contributed by atoms with Gasteiger partial charge in [0.1, 0.15) is 5.75 Å². The fraction of sp³-hybridized carbons (Fsp3) is 0.0312. The summed E-state index contributed by atoms with van der Waals surface area (Å²) in [6.45, 7) is 0. The van der Waals surface area contributed by atoms with E-state index in [1.165, 1.54) is 12.1 Å². The Hall–Kier alpha value is -4.67. The summed E-state index contributed by atoms with van der Waals surface area (Å²) >= 11 is 1.64. The molecule has 0 bridgehead atoms. The Morgan fingerprint density at radius 3 is 2.21 bits per heavy atom. The number of benzene rings is 5. The van der Waals surface area contributed by atoms with Gasteiger partial charge in [0.05, 0.1) is 15.7 Å². The predicted molar refractivity (Wildman–Crippen MR) is 162 cm³/mol. The molecule has 3 aromatic heterocycles. The van der Waals surface area contributed by atoms with Crippen LogP contribution in [0.2, 0.25) is 0 Å². The monoisotopic (exact) mass is 598 g/mol. The van der Waals surface area contributed by atoms with Crippen molar-refractivity contribution in [2.75, 3.05) is 0 Å². The van der Waals surface area contributed by atoms with E-state index in [0.717, 1.165) is 64.0 Å². The third kappa shape index (κ3) is 3.68. The molecule has 42 heavy (non-hydrogen) atoms. The molecule has 3 heterocycles. The minimum atomic E-state index is -5.77. The van der Waals surface area contributed by atoms with Gasteiger partial charge in [-0.1, -0.05) is 60.7 Å². The highest BCUT2D eigenvalue weighted by atomic mass is 32.2. The fourth-order valence-electron chi connectivity index (χ4n) is 5.67. The van der Waals surface area contributed by atoms with Crippen LogP contribution in [0.3, 0.4) is 0 Å². The number of aromatic nitrogens is 2. The molecular formula is C32H17F3N2O3S2. The summed E-state index contributed by atoms with van der Waals surface area (Å²) in [7, 11) is -5.77. The van der Waals surface area contributed by atoms with Gasteiger partial charge in [-0.3, -0.25) is 4.40 Å². The van der Waals surface area contributed by atoms with Crippen LogP contribution in [0.5, 0.6) is 5.75 Å². The van der Waals surface area contributed by atoms with Gasteiger partial charge in [0, 0.05) is 21.7 Å². The van der Waals surface area contributed by atoms with Crippen LogP contribution in [0, 0.1) is 0 Å². The highest BCUT2D eigenvalue weighted by Gasteiger charge is 2.48. The second-order valence-corrected chi connectivity index (χ2v) is 12.6. The van der Waals surface area contributed by atoms with Crippen LogP contribution < -0.4 is 4.18 Å². The van der Waals surface area contributed by atoms with Crippen molar-refractivity contribution in [2.45, 2.75) is 5.51 Å². The van der Waals surface area contributed by atoms with Crippen molar-refractivity contribution in [3.63, 3.8) is 0 Å². The predicted octanol–water partition coefficient (Wildman–Crippen LogP) is 9.06. The summed E-state index contributed by atoms with van der Waals surface area (Å²) < 4.78 is 70.1. The zero-order valence-corrected chi connectivity index (χ0v) is 23.0. The molecule has 0 aliphatic rings. The van der Waals surface area contributed by atoms with Gasteiger partial charge in [0.15, 0.2) is 5.65 Å². The molecule has 0 radical (unpaired) electrons. The van der Waals surface area contributed by atoms with E-state index in [1.807, 2.05) is 42.6 Å². The third-order valence-corrected chi connectivity index (χ3v) is 9.65. The van der Waals surface area contributed by atoms with Gasteiger partial charge in [-0.05, 0) is 69.1 Å². The van der Waals surface area contributed by atoms with Crippen molar-refractivity contribution in [1.82, 2.24) is 9.38 Å². The highest BCUT2D eigenvalue weighted by molar-refractivity contribution is 7.88. The first-order chi connectivity index (χ1) is 20.2. The van der Waals surface area contributed by atoms with Crippen molar-refractivity contribution < 1.29 is 25.8 Å². The van der Waals surface area contributed by atoms with Crippen molar-refractivity contribution in [2.24, 2.45) is 0 Å². The number of hydrogen-bond acceptors (Lipinski definition) is 5. The molecule has 8 aromatic rings. The van der Waals surface area contributed by atoms with E-state index in [9.17, 15) is 21.6 Å². The maximum absolute atomic E-state index is 12.9. The number of alkyl halides is 3. The summed E-state index contributed by atoms with van der Waals surface area (Å²) in [5.41, 5.74) is -1.15. The quantitative estimate of drug-likeness (QED) is 0.150. The summed E-state index contributed by atoms with van der Waals surface area (Å²) in [6.07, 6.45) is 2.02. The molecule has 0 saturated carbocycles. The molecule has 206 valence electrons. The smallest absolute Gasteiger partial charge is 0.376 e. The molecule has 0 fully saturated rings. The second kappa shape index (κ2) is 8.67. The molecule has 0 N–H and O–H groups in total. The molecule has 0 aliphatic heterocycles. The summed E-state index contributed by atoms with van der Waals surface area (Å²) in [5, 5.41) is 6.20. The molecule has 0 spiro atoms. The summed E-state index contributed by atoms with van der Waals surface area (Å²) in [6, 6.07) is 30.2. The molecule has 10 heteroatoms.